The lowest BCUT2D eigenvalue weighted by Crippen LogP contribution is -2.39. The third-order valence-corrected chi connectivity index (χ3v) is 5.03. The maximum Gasteiger partial charge on any atom is 0.287 e. The molecule has 1 aliphatic rings. The van der Waals surface area contributed by atoms with Gasteiger partial charge in [-0.3, -0.25) is 4.79 Å². The van der Waals surface area contributed by atoms with Gasteiger partial charge in [-0.15, -0.1) is 11.3 Å². The summed E-state index contributed by atoms with van der Waals surface area (Å²) in [7, 11) is 0. The monoisotopic (exact) mass is 304 g/mol. The molecule has 2 aromatic rings. The van der Waals surface area contributed by atoms with E-state index in [2.05, 4.69) is 27.7 Å². The summed E-state index contributed by atoms with van der Waals surface area (Å²) in [6.45, 7) is 3.80. The van der Waals surface area contributed by atoms with Crippen LogP contribution in [-0.4, -0.2) is 37.0 Å². The highest BCUT2D eigenvalue weighted by atomic mass is 32.1. The van der Waals surface area contributed by atoms with E-state index < -0.39 is 0 Å². The van der Waals surface area contributed by atoms with Crippen molar-refractivity contribution < 1.29 is 9.21 Å². The largest absolute Gasteiger partial charge is 0.459 e. The molecule has 0 saturated carbocycles. The van der Waals surface area contributed by atoms with Crippen molar-refractivity contribution in [1.82, 2.24) is 10.2 Å². The number of carbonyl (C=O) groups is 1. The summed E-state index contributed by atoms with van der Waals surface area (Å²) in [6.07, 6.45) is 3.95. The van der Waals surface area contributed by atoms with E-state index in [1.54, 1.807) is 12.1 Å². The minimum atomic E-state index is -0.131. The van der Waals surface area contributed by atoms with E-state index in [4.69, 9.17) is 4.42 Å². The summed E-state index contributed by atoms with van der Waals surface area (Å²) in [4.78, 5) is 15.7. The minimum Gasteiger partial charge on any atom is -0.459 e. The van der Waals surface area contributed by atoms with Crippen LogP contribution in [0.5, 0.6) is 0 Å². The number of amides is 1. The van der Waals surface area contributed by atoms with Crippen molar-refractivity contribution in [2.45, 2.75) is 18.8 Å². The van der Waals surface area contributed by atoms with Crippen LogP contribution >= 0.6 is 11.3 Å². The topological polar surface area (TPSA) is 45.5 Å². The highest BCUT2D eigenvalue weighted by Gasteiger charge is 2.21. The van der Waals surface area contributed by atoms with Gasteiger partial charge in [0.2, 0.25) is 0 Å². The highest BCUT2D eigenvalue weighted by Crippen LogP contribution is 2.30. The summed E-state index contributed by atoms with van der Waals surface area (Å²) in [6, 6.07) is 7.79. The molecule has 5 heteroatoms. The molecule has 3 rings (SSSR count). The maximum absolute atomic E-state index is 11.7. The fourth-order valence-electron chi connectivity index (χ4n) is 2.79. The lowest BCUT2D eigenvalue weighted by molar-refractivity contribution is 0.0918. The number of hydrogen-bond donors (Lipinski definition) is 1. The Kier molecular flexibility index (Phi) is 4.72. The fraction of sp³-hybridized carbons (Fsp3) is 0.438. The van der Waals surface area contributed by atoms with Gasteiger partial charge in [-0.25, -0.2) is 0 Å². The first-order valence-electron chi connectivity index (χ1n) is 7.40. The second kappa shape index (κ2) is 6.91. The zero-order valence-electron chi connectivity index (χ0n) is 12.0. The van der Waals surface area contributed by atoms with Crippen molar-refractivity contribution in [3.05, 3.63) is 46.5 Å². The molecule has 1 aliphatic heterocycles. The van der Waals surface area contributed by atoms with Crippen LogP contribution in [0.25, 0.3) is 0 Å². The first kappa shape index (κ1) is 14.4. The first-order valence-corrected chi connectivity index (χ1v) is 8.28. The molecule has 112 valence electrons. The third kappa shape index (κ3) is 3.74. The molecule has 3 heterocycles. The number of thiophene rings is 1. The summed E-state index contributed by atoms with van der Waals surface area (Å²) in [5.41, 5.74) is 0. The van der Waals surface area contributed by atoms with Gasteiger partial charge >= 0.3 is 0 Å². The van der Waals surface area contributed by atoms with Gasteiger partial charge in [0.1, 0.15) is 0 Å². The number of rotatable bonds is 5. The Bertz CT molecular complexity index is 543. The number of carbonyl (C=O) groups excluding carboxylic acids is 1. The number of furan rings is 1. The zero-order valence-corrected chi connectivity index (χ0v) is 12.8. The van der Waals surface area contributed by atoms with Crippen LogP contribution in [0.2, 0.25) is 0 Å². The molecule has 0 aromatic carbocycles. The molecule has 21 heavy (non-hydrogen) atoms. The Morgan fingerprint density at radius 1 is 1.33 bits per heavy atom. The Morgan fingerprint density at radius 3 is 2.86 bits per heavy atom. The van der Waals surface area contributed by atoms with E-state index in [1.807, 2.05) is 11.3 Å². The van der Waals surface area contributed by atoms with Crippen LogP contribution in [0.3, 0.4) is 0 Å². The summed E-state index contributed by atoms with van der Waals surface area (Å²) in [5.74, 6) is 0.971. The van der Waals surface area contributed by atoms with Crippen molar-refractivity contribution in [3.63, 3.8) is 0 Å². The fourth-order valence-corrected chi connectivity index (χ4v) is 3.69. The van der Waals surface area contributed by atoms with Crippen molar-refractivity contribution in [2.24, 2.45) is 0 Å². The molecule has 1 saturated heterocycles. The molecule has 1 fully saturated rings. The van der Waals surface area contributed by atoms with Gasteiger partial charge in [-0.05, 0) is 55.4 Å². The Labute approximate surface area is 128 Å². The number of likely N-dealkylation sites (tertiary alicyclic amines) is 1. The van der Waals surface area contributed by atoms with E-state index in [9.17, 15) is 4.79 Å². The van der Waals surface area contributed by atoms with Crippen LogP contribution < -0.4 is 5.32 Å². The number of piperidine rings is 1. The molecule has 0 atom stereocenters. The normalized spacial score (nSPS) is 17.0. The van der Waals surface area contributed by atoms with Gasteiger partial charge in [0.25, 0.3) is 5.91 Å². The van der Waals surface area contributed by atoms with Gasteiger partial charge in [-0.2, -0.15) is 0 Å². The van der Waals surface area contributed by atoms with Crippen LogP contribution in [0.1, 0.15) is 34.2 Å². The quantitative estimate of drug-likeness (QED) is 0.924. The molecule has 2 aromatic heterocycles. The molecular weight excluding hydrogens is 284 g/mol. The predicted molar refractivity (Wildman–Crippen MR) is 83.8 cm³/mol. The van der Waals surface area contributed by atoms with E-state index in [1.165, 1.54) is 24.0 Å². The standard InChI is InChI=1S/C16H20N2O2S/c19-16(14-3-1-11-20-14)17-7-10-18-8-5-13(6-9-18)15-4-2-12-21-15/h1-4,11-13H,5-10H2,(H,17,19). The maximum atomic E-state index is 11.7. The van der Waals surface area contributed by atoms with Gasteiger partial charge in [0.15, 0.2) is 5.76 Å². The smallest absolute Gasteiger partial charge is 0.287 e. The van der Waals surface area contributed by atoms with E-state index in [0.29, 0.717) is 12.3 Å². The SMILES string of the molecule is O=C(NCCN1CCC(c2cccs2)CC1)c1ccco1. The summed E-state index contributed by atoms with van der Waals surface area (Å²) in [5, 5.41) is 5.06. The van der Waals surface area contributed by atoms with Crippen LogP contribution in [0.4, 0.5) is 0 Å². The van der Waals surface area contributed by atoms with Crippen molar-refractivity contribution >= 4 is 17.2 Å². The van der Waals surface area contributed by atoms with Gasteiger partial charge < -0.3 is 14.6 Å². The Hall–Kier alpha value is -1.59. The van der Waals surface area contributed by atoms with Crippen molar-refractivity contribution in [1.29, 1.82) is 0 Å². The molecule has 0 unspecified atom stereocenters. The lowest BCUT2D eigenvalue weighted by Gasteiger charge is -2.31. The predicted octanol–water partition coefficient (Wildman–Crippen LogP) is 2.95. The van der Waals surface area contributed by atoms with Gasteiger partial charge in [0.05, 0.1) is 6.26 Å². The molecule has 0 aliphatic carbocycles. The molecule has 1 N–H and O–H groups in total. The third-order valence-electron chi connectivity index (χ3n) is 3.99. The summed E-state index contributed by atoms with van der Waals surface area (Å²) >= 11 is 1.86. The minimum absolute atomic E-state index is 0.131. The number of nitrogens with zero attached hydrogens (tertiary/aromatic N) is 1. The van der Waals surface area contributed by atoms with Crippen molar-refractivity contribution in [2.75, 3.05) is 26.2 Å². The summed E-state index contributed by atoms with van der Waals surface area (Å²) < 4.78 is 5.07. The molecule has 0 spiro atoms. The average molecular weight is 304 g/mol. The average Bonchev–Trinajstić information content (AvgIpc) is 3.21. The number of nitrogens with one attached hydrogen (secondary N) is 1. The number of hydrogen-bond acceptors (Lipinski definition) is 4. The van der Waals surface area contributed by atoms with Crippen molar-refractivity contribution in [3.8, 4) is 0 Å². The second-order valence-electron chi connectivity index (χ2n) is 5.36. The van der Waals surface area contributed by atoms with Crippen LogP contribution in [0, 0.1) is 0 Å². The highest BCUT2D eigenvalue weighted by molar-refractivity contribution is 7.10. The lowest BCUT2D eigenvalue weighted by atomic mass is 9.95. The Balaban J connectivity index is 1.37. The zero-order chi connectivity index (χ0) is 14.5. The van der Waals surface area contributed by atoms with E-state index >= 15 is 0 Å². The van der Waals surface area contributed by atoms with Crippen LogP contribution in [-0.2, 0) is 0 Å². The first-order chi connectivity index (χ1) is 10.3. The Morgan fingerprint density at radius 2 is 2.19 bits per heavy atom. The molecule has 1 amide bonds. The van der Waals surface area contributed by atoms with Gasteiger partial charge in [0, 0.05) is 18.0 Å². The molecular formula is C16H20N2O2S. The van der Waals surface area contributed by atoms with E-state index in [-0.39, 0.29) is 5.91 Å². The van der Waals surface area contributed by atoms with E-state index in [0.717, 1.165) is 25.6 Å². The second-order valence-corrected chi connectivity index (χ2v) is 6.34. The molecule has 4 nitrogen and oxygen atoms in total. The van der Waals surface area contributed by atoms with Crippen LogP contribution in [0.15, 0.2) is 40.3 Å². The molecule has 0 radical (unpaired) electrons. The van der Waals surface area contributed by atoms with Gasteiger partial charge in [-0.1, -0.05) is 6.07 Å². The molecule has 0 bridgehead atoms.